The fraction of sp³-hybridized carbons (Fsp3) is 0.400. The Balaban J connectivity index is 2.03. The van der Waals surface area contributed by atoms with Crippen LogP contribution in [-0.2, 0) is 7.05 Å². The topological polar surface area (TPSA) is 39.1 Å². The molecule has 0 saturated carbocycles. The highest BCUT2D eigenvalue weighted by Gasteiger charge is 2.16. The van der Waals surface area contributed by atoms with Crippen LogP contribution >= 0.6 is 11.6 Å². The third kappa shape index (κ3) is 3.99. The summed E-state index contributed by atoms with van der Waals surface area (Å²) in [7, 11) is 1.99. The summed E-state index contributed by atoms with van der Waals surface area (Å²) < 4.78 is 7.83. The van der Waals surface area contributed by atoms with Crippen LogP contribution in [0.1, 0.15) is 25.2 Å². The normalized spacial score (nSPS) is 12.3. The number of nitrogens with zero attached hydrogens (tertiary/aromatic N) is 2. The number of aromatic nitrogens is 2. The third-order valence-corrected chi connectivity index (χ3v) is 3.26. The van der Waals surface area contributed by atoms with Crippen LogP contribution in [0.2, 0.25) is 5.02 Å². The summed E-state index contributed by atoms with van der Waals surface area (Å²) in [6.45, 7) is 3.59. The van der Waals surface area contributed by atoms with Crippen LogP contribution in [0.25, 0.3) is 0 Å². The first-order valence-electron chi connectivity index (χ1n) is 6.79. The van der Waals surface area contributed by atoms with E-state index in [0.29, 0.717) is 11.6 Å². The van der Waals surface area contributed by atoms with Crippen molar-refractivity contribution in [1.29, 1.82) is 0 Å². The zero-order chi connectivity index (χ0) is 14.4. The molecule has 0 aliphatic carbocycles. The van der Waals surface area contributed by atoms with E-state index in [4.69, 9.17) is 16.3 Å². The van der Waals surface area contributed by atoms with Crippen molar-refractivity contribution in [2.45, 2.75) is 19.4 Å². The van der Waals surface area contributed by atoms with Gasteiger partial charge in [0.1, 0.15) is 24.2 Å². The van der Waals surface area contributed by atoms with Crippen molar-refractivity contribution in [2.24, 2.45) is 7.05 Å². The first kappa shape index (κ1) is 14.9. The Morgan fingerprint density at radius 1 is 1.45 bits per heavy atom. The van der Waals surface area contributed by atoms with Crippen molar-refractivity contribution in [1.82, 2.24) is 14.9 Å². The molecular weight excluding hydrogens is 274 g/mol. The molecule has 0 bridgehead atoms. The molecule has 0 amide bonds. The fourth-order valence-electron chi connectivity index (χ4n) is 1.99. The number of halogens is 1. The number of aryl methyl sites for hydroxylation is 1. The van der Waals surface area contributed by atoms with Gasteiger partial charge >= 0.3 is 0 Å². The van der Waals surface area contributed by atoms with E-state index in [2.05, 4.69) is 17.2 Å². The van der Waals surface area contributed by atoms with Crippen molar-refractivity contribution < 1.29 is 4.74 Å². The minimum Gasteiger partial charge on any atom is -0.491 e. The van der Waals surface area contributed by atoms with Gasteiger partial charge in [0, 0.05) is 24.5 Å². The number of hydrogen-bond donors (Lipinski definition) is 1. The average Bonchev–Trinajstić information content (AvgIpc) is 2.85. The van der Waals surface area contributed by atoms with Crippen molar-refractivity contribution in [3.8, 4) is 5.75 Å². The van der Waals surface area contributed by atoms with Gasteiger partial charge in [-0.05, 0) is 31.2 Å². The summed E-state index contributed by atoms with van der Waals surface area (Å²) in [5.41, 5.74) is 0. The molecule has 1 N–H and O–H groups in total. The second kappa shape index (κ2) is 7.31. The monoisotopic (exact) mass is 293 g/mol. The highest BCUT2D eigenvalue weighted by atomic mass is 35.5. The van der Waals surface area contributed by atoms with E-state index < -0.39 is 0 Å². The molecule has 4 nitrogen and oxygen atoms in total. The van der Waals surface area contributed by atoms with Gasteiger partial charge in [0.25, 0.3) is 0 Å². The second-order valence-electron chi connectivity index (χ2n) is 4.67. The Hall–Kier alpha value is -1.52. The molecular formula is C15H20ClN3O. The summed E-state index contributed by atoms with van der Waals surface area (Å²) in [4.78, 5) is 4.39. The number of hydrogen-bond acceptors (Lipinski definition) is 3. The molecule has 0 radical (unpaired) electrons. The Morgan fingerprint density at radius 3 is 2.95 bits per heavy atom. The summed E-state index contributed by atoms with van der Waals surface area (Å²) >= 11 is 5.96. The SMILES string of the molecule is CCCNC(COc1cccc(Cl)c1)c1nccn1C. The van der Waals surface area contributed by atoms with Gasteiger partial charge in [-0.3, -0.25) is 0 Å². The fourth-order valence-corrected chi connectivity index (χ4v) is 2.17. The van der Waals surface area contributed by atoms with Gasteiger partial charge in [-0.15, -0.1) is 0 Å². The van der Waals surface area contributed by atoms with Crippen LogP contribution in [0.3, 0.4) is 0 Å². The highest BCUT2D eigenvalue weighted by Crippen LogP contribution is 2.19. The smallest absolute Gasteiger partial charge is 0.129 e. The van der Waals surface area contributed by atoms with E-state index in [0.717, 1.165) is 24.5 Å². The third-order valence-electron chi connectivity index (χ3n) is 3.02. The summed E-state index contributed by atoms with van der Waals surface area (Å²) in [6.07, 6.45) is 4.81. The van der Waals surface area contributed by atoms with Gasteiger partial charge in [-0.25, -0.2) is 4.98 Å². The highest BCUT2D eigenvalue weighted by molar-refractivity contribution is 6.30. The Kier molecular flexibility index (Phi) is 5.44. The molecule has 5 heteroatoms. The molecule has 20 heavy (non-hydrogen) atoms. The van der Waals surface area contributed by atoms with E-state index in [-0.39, 0.29) is 6.04 Å². The van der Waals surface area contributed by atoms with Crippen molar-refractivity contribution in [3.63, 3.8) is 0 Å². The predicted molar refractivity (Wildman–Crippen MR) is 81.2 cm³/mol. The lowest BCUT2D eigenvalue weighted by molar-refractivity contribution is 0.258. The van der Waals surface area contributed by atoms with Crippen LogP contribution in [0.5, 0.6) is 5.75 Å². The zero-order valence-corrected chi connectivity index (χ0v) is 12.6. The minimum absolute atomic E-state index is 0.0638. The quantitative estimate of drug-likeness (QED) is 0.852. The maximum atomic E-state index is 5.96. The van der Waals surface area contributed by atoms with E-state index in [1.807, 2.05) is 42.1 Å². The van der Waals surface area contributed by atoms with Crippen molar-refractivity contribution >= 4 is 11.6 Å². The standard InChI is InChI=1S/C15H20ClN3O/c1-3-7-17-14(15-18-8-9-19(15)2)11-20-13-6-4-5-12(16)10-13/h4-6,8-10,14,17H,3,7,11H2,1-2H3. The first-order chi connectivity index (χ1) is 9.70. The number of nitrogens with one attached hydrogen (secondary N) is 1. The molecule has 108 valence electrons. The van der Waals surface area contributed by atoms with Gasteiger partial charge in [0.15, 0.2) is 0 Å². The van der Waals surface area contributed by atoms with Gasteiger partial charge in [0.05, 0.1) is 0 Å². The maximum Gasteiger partial charge on any atom is 0.129 e. The number of benzene rings is 1. The molecule has 1 aromatic carbocycles. The molecule has 0 fully saturated rings. The zero-order valence-electron chi connectivity index (χ0n) is 11.8. The Bertz CT molecular complexity index is 541. The van der Waals surface area contributed by atoms with Crippen LogP contribution in [0.4, 0.5) is 0 Å². The number of imidazole rings is 1. The second-order valence-corrected chi connectivity index (χ2v) is 5.11. The molecule has 2 rings (SSSR count). The van der Waals surface area contributed by atoms with E-state index in [9.17, 15) is 0 Å². The van der Waals surface area contributed by atoms with Crippen molar-refractivity contribution in [2.75, 3.05) is 13.2 Å². The van der Waals surface area contributed by atoms with Gasteiger partial charge < -0.3 is 14.6 Å². The Labute approximate surface area is 124 Å². The van der Waals surface area contributed by atoms with Gasteiger partial charge in [-0.2, -0.15) is 0 Å². The molecule has 0 spiro atoms. The molecule has 0 saturated heterocycles. The van der Waals surface area contributed by atoms with E-state index >= 15 is 0 Å². The molecule has 0 aliphatic heterocycles. The largest absolute Gasteiger partial charge is 0.491 e. The van der Waals surface area contributed by atoms with Gasteiger partial charge in [0.2, 0.25) is 0 Å². The lowest BCUT2D eigenvalue weighted by Crippen LogP contribution is -2.29. The summed E-state index contributed by atoms with van der Waals surface area (Å²) in [6, 6.07) is 7.50. The molecule has 1 atom stereocenters. The van der Waals surface area contributed by atoms with Crippen LogP contribution in [0.15, 0.2) is 36.7 Å². The average molecular weight is 294 g/mol. The van der Waals surface area contributed by atoms with Crippen LogP contribution < -0.4 is 10.1 Å². The van der Waals surface area contributed by atoms with Crippen LogP contribution in [0, 0.1) is 0 Å². The molecule has 0 aliphatic rings. The van der Waals surface area contributed by atoms with Crippen molar-refractivity contribution in [3.05, 3.63) is 47.5 Å². The molecule has 1 aromatic heterocycles. The minimum atomic E-state index is 0.0638. The van der Waals surface area contributed by atoms with Gasteiger partial charge in [-0.1, -0.05) is 24.6 Å². The van der Waals surface area contributed by atoms with Crippen LogP contribution in [-0.4, -0.2) is 22.7 Å². The maximum absolute atomic E-state index is 5.96. The number of rotatable bonds is 7. The lowest BCUT2D eigenvalue weighted by Gasteiger charge is -2.19. The lowest BCUT2D eigenvalue weighted by atomic mass is 10.2. The predicted octanol–water partition coefficient (Wildman–Crippen LogP) is 3.19. The molecule has 1 heterocycles. The summed E-state index contributed by atoms with van der Waals surface area (Å²) in [5.74, 6) is 1.75. The molecule has 1 unspecified atom stereocenters. The summed E-state index contributed by atoms with van der Waals surface area (Å²) in [5, 5.41) is 4.13. The molecule has 2 aromatic rings. The Morgan fingerprint density at radius 2 is 2.30 bits per heavy atom. The first-order valence-corrected chi connectivity index (χ1v) is 7.17. The van der Waals surface area contributed by atoms with E-state index in [1.54, 1.807) is 6.20 Å². The van der Waals surface area contributed by atoms with E-state index in [1.165, 1.54) is 0 Å². The number of ether oxygens (including phenoxy) is 1.